The van der Waals surface area contributed by atoms with E-state index in [4.69, 9.17) is 10.5 Å². The first-order chi connectivity index (χ1) is 7.58. The van der Waals surface area contributed by atoms with E-state index in [1.54, 1.807) is 6.20 Å². The normalized spacial score (nSPS) is 13.3. The summed E-state index contributed by atoms with van der Waals surface area (Å²) in [5.74, 6) is 0.804. The number of nitrogens with zero attached hydrogens (tertiary/aromatic N) is 1. The molecule has 0 bridgehead atoms. The number of hydrogen-bond acceptors (Lipinski definition) is 3. The summed E-state index contributed by atoms with van der Waals surface area (Å²) in [5, 5.41) is 0. The number of nitrogens with two attached hydrogens (primary N) is 1. The third kappa shape index (κ3) is 4.94. The van der Waals surface area contributed by atoms with E-state index >= 15 is 0 Å². The van der Waals surface area contributed by atoms with Crippen molar-refractivity contribution >= 4 is 6.08 Å². The topological polar surface area (TPSA) is 48.1 Å². The Morgan fingerprint density at radius 3 is 2.75 bits per heavy atom. The molecule has 0 saturated carbocycles. The molecule has 1 aromatic rings. The van der Waals surface area contributed by atoms with Gasteiger partial charge in [-0.3, -0.25) is 4.98 Å². The summed E-state index contributed by atoms with van der Waals surface area (Å²) in [6, 6.07) is 2.17. The van der Waals surface area contributed by atoms with E-state index in [9.17, 15) is 0 Å². The van der Waals surface area contributed by atoms with E-state index < -0.39 is 0 Å². The average molecular weight is 220 g/mol. The number of ether oxygens (including phenoxy) is 1. The first-order valence-corrected chi connectivity index (χ1v) is 5.61. The van der Waals surface area contributed by atoms with Gasteiger partial charge in [0.15, 0.2) is 0 Å². The van der Waals surface area contributed by atoms with Gasteiger partial charge in [0, 0.05) is 12.2 Å². The molecule has 0 fully saturated rings. The molecule has 1 aromatic heterocycles. The minimum absolute atomic E-state index is 0.171. The predicted molar refractivity (Wildman–Crippen MR) is 67.3 cm³/mol. The predicted octanol–water partition coefficient (Wildman–Crippen LogP) is 2.62. The highest BCUT2D eigenvalue weighted by Crippen LogP contribution is 2.14. The maximum atomic E-state index is 5.66. The zero-order valence-corrected chi connectivity index (χ0v) is 10.2. The molecule has 0 unspecified atom stereocenters. The van der Waals surface area contributed by atoms with E-state index in [0.717, 1.165) is 17.7 Å². The second-order valence-corrected chi connectivity index (χ2v) is 4.24. The van der Waals surface area contributed by atoms with Crippen LogP contribution in [-0.2, 0) is 0 Å². The van der Waals surface area contributed by atoms with Crippen molar-refractivity contribution in [2.75, 3.05) is 0 Å². The van der Waals surface area contributed by atoms with Crippen molar-refractivity contribution in [3.63, 3.8) is 0 Å². The largest absolute Gasteiger partial charge is 0.489 e. The SMILES string of the molecule is CC(C)Oc1cncc(/C=C/C[C@H](C)N)c1. The summed E-state index contributed by atoms with van der Waals surface area (Å²) in [5.41, 5.74) is 6.70. The molecule has 1 rings (SSSR count). The molecular weight excluding hydrogens is 200 g/mol. The molecule has 1 heterocycles. The highest BCUT2D eigenvalue weighted by atomic mass is 16.5. The Balaban J connectivity index is 2.63. The van der Waals surface area contributed by atoms with Crippen LogP contribution in [-0.4, -0.2) is 17.1 Å². The number of hydrogen-bond donors (Lipinski definition) is 1. The average Bonchev–Trinajstić information content (AvgIpc) is 2.16. The second-order valence-electron chi connectivity index (χ2n) is 4.24. The molecule has 3 heteroatoms. The summed E-state index contributed by atoms with van der Waals surface area (Å²) in [6.07, 6.45) is 8.65. The van der Waals surface area contributed by atoms with Crippen LogP contribution in [0, 0.1) is 0 Å². The van der Waals surface area contributed by atoms with Crippen LogP contribution in [0.3, 0.4) is 0 Å². The van der Waals surface area contributed by atoms with E-state index in [1.807, 2.05) is 39.1 Å². The third-order valence-corrected chi connectivity index (χ3v) is 1.92. The quantitative estimate of drug-likeness (QED) is 0.829. The Labute approximate surface area is 97.3 Å². The number of aromatic nitrogens is 1. The van der Waals surface area contributed by atoms with Crippen molar-refractivity contribution < 1.29 is 4.74 Å². The van der Waals surface area contributed by atoms with Gasteiger partial charge in [-0.1, -0.05) is 12.2 Å². The summed E-state index contributed by atoms with van der Waals surface area (Å²) in [6.45, 7) is 5.98. The molecule has 0 saturated heterocycles. The van der Waals surface area contributed by atoms with Crippen LogP contribution in [0.15, 0.2) is 24.5 Å². The van der Waals surface area contributed by atoms with Crippen molar-refractivity contribution in [3.05, 3.63) is 30.1 Å². The summed E-state index contributed by atoms with van der Waals surface area (Å²) >= 11 is 0. The van der Waals surface area contributed by atoms with Gasteiger partial charge in [0.05, 0.1) is 12.3 Å². The summed E-state index contributed by atoms with van der Waals surface area (Å²) in [7, 11) is 0. The zero-order valence-electron chi connectivity index (χ0n) is 10.2. The Bertz CT molecular complexity index is 346. The van der Waals surface area contributed by atoms with E-state index in [1.165, 1.54) is 0 Å². The fourth-order valence-electron chi connectivity index (χ4n) is 1.28. The molecular formula is C13H20N2O. The van der Waals surface area contributed by atoms with Gasteiger partial charge >= 0.3 is 0 Å². The van der Waals surface area contributed by atoms with Crippen LogP contribution in [0.25, 0.3) is 6.08 Å². The van der Waals surface area contributed by atoms with Gasteiger partial charge in [-0.2, -0.15) is 0 Å². The maximum Gasteiger partial charge on any atom is 0.138 e. The van der Waals surface area contributed by atoms with Gasteiger partial charge in [-0.15, -0.1) is 0 Å². The molecule has 0 amide bonds. The smallest absolute Gasteiger partial charge is 0.138 e. The minimum atomic E-state index is 0.171. The Morgan fingerprint density at radius 2 is 2.12 bits per heavy atom. The highest BCUT2D eigenvalue weighted by molar-refractivity contribution is 5.49. The van der Waals surface area contributed by atoms with Crippen LogP contribution in [0.4, 0.5) is 0 Å². The molecule has 1 atom stereocenters. The lowest BCUT2D eigenvalue weighted by Gasteiger charge is -2.09. The Hall–Kier alpha value is -1.35. The van der Waals surface area contributed by atoms with Crippen molar-refractivity contribution in [1.82, 2.24) is 4.98 Å². The third-order valence-electron chi connectivity index (χ3n) is 1.92. The maximum absolute atomic E-state index is 5.66. The fraction of sp³-hybridized carbons (Fsp3) is 0.462. The van der Waals surface area contributed by atoms with Crippen LogP contribution in [0.1, 0.15) is 32.8 Å². The molecule has 88 valence electrons. The molecule has 3 nitrogen and oxygen atoms in total. The zero-order chi connectivity index (χ0) is 12.0. The second kappa shape index (κ2) is 6.28. The number of rotatable bonds is 5. The lowest BCUT2D eigenvalue weighted by Crippen LogP contribution is -2.12. The highest BCUT2D eigenvalue weighted by Gasteiger charge is 1.98. The van der Waals surface area contributed by atoms with Crippen molar-refractivity contribution in [2.45, 2.75) is 39.3 Å². The molecule has 0 aliphatic rings. The Kier molecular flexibility index (Phi) is 4.99. The Morgan fingerprint density at radius 1 is 1.38 bits per heavy atom. The first-order valence-electron chi connectivity index (χ1n) is 5.61. The summed E-state index contributed by atoms with van der Waals surface area (Å²) in [4.78, 5) is 4.13. The van der Waals surface area contributed by atoms with Crippen molar-refractivity contribution in [1.29, 1.82) is 0 Å². The standard InChI is InChI=1S/C13H20N2O/c1-10(2)16-13-7-12(8-15-9-13)6-4-5-11(3)14/h4,6-11H,5,14H2,1-3H3/b6-4+/t11-/m0/s1. The van der Waals surface area contributed by atoms with Gasteiger partial charge in [0.1, 0.15) is 5.75 Å². The molecule has 0 aliphatic carbocycles. The van der Waals surface area contributed by atoms with E-state index in [0.29, 0.717) is 0 Å². The molecule has 0 radical (unpaired) electrons. The molecule has 16 heavy (non-hydrogen) atoms. The van der Waals surface area contributed by atoms with Crippen LogP contribution >= 0.6 is 0 Å². The molecule has 0 spiro atoms. The van der Waals surface area contributed by atoms with Gasteiger partial charge in [-0.25, -0.2) is 0 Å². The van der Waals surface area contributed by atoms with Gasteiger partial charge in [0.25, 0.3) is 0 Å². The van der Waals surface area contributed by atoms with Gasteiger partial charge in [-0.05, 0) is 38.8 Å². The molecule has 0 aliphatic heterocycles. The van der Waals surface area contributed by atoms with E-state index in [2.05, 4.69) is 11.1 Å². The van der Waals surface area contributed by atoms with Crippen molar-refractivity contribution in [2.24, 2.45) is 5.73 Å². The van der Waals surface area contributed by atoms with Crippen molar-refractivity contribution in [3.8, 4) is 5.75 Å². The van der Waals surface area contributed by atoms with Crippen LogP contribution < -0.4 is 10.5 Å². The van der Waals surface area contributed by atoms with E-state index in [-0.39, 0.29) is 12.1 Å². The first kappa shape index (κ1) is 12.7. The fourth-order valence-corrected chi connectivity index (χ4v) is 1.28. The monoisotopic (exact) mass is 220 g/mol. The summed E-state index contributed by atoms with van der Waals surface area (Å²) < 4.78 is 5.56. The molecule has 2 N–H and O–H groups in total. The van der Waals surface area contributed by atoms with Crippen LogP contribution in [0.5, 0.6) is 5.75 Å². The van der Waals surface area contributed by atoms with Crippen LogP contribution in [0.2, 0.25) is 0 Å². The van der Waals surface area contributed by atoms with Gasteiger partial charge < -0.3 is 10.5 Å². The molecule has 0 aromatic carbocycles. The number of pyridine rings is 1. The lowest BCUT2D eigenvalue weighted by molar-refractivity contribution is 0.241. The van der Waals surface area contributed by atoms with Gasteiger partial charge in [0.2, 0.25) is 0 Å². The minimum Gasteiger partial charge on any atom is -0.489 e. The lowest BCUT2D eigenvalue weighted by atomic mass is 10.2.